The Hall–Kier alpha value is -2.10. The number of pyridine rings is 1. The molecule has 0 spiro atoms. The van der Waals surface area contributed by atoms with E-state index in [4.69, 9.17) is 9.31 Å². The largest absolute Gasteiger partial charge is 0.632 e. The predicted molar refractivity (Wildman–Crippen MR) is 81.6 cm³/mol. The minimum Gasteiger partial charge on any atom is -0.519 e. The number of rotatable bonds is 2. The molecule has 0 atom stereocenters. The third-order valence-electron chi connectivity index (χ3n) is 3.36. The topological polar surface area (TPSA) is 31.4 Å². The third-order valence-corrected chi connectivity index (χ3v) is 3.36. The van der Waals surface area contributed by atoms with E-state index in [1.807, 2.05) is 60.7 Å². The van der Waals surface area contributed by atoms with E-state index in [0.717, 1.165) is 28.2 Å². The SMILES string of the molecule is [Ir].[c-]1ccccc1-c1cc(B2Oc3ccccc3O2)ccn1. The first-order valence-electron chi connectivity index (χ1n) is 6.75. The Morgan fingerprint density at radius 3 is 2.32 bits per heavy atom. The molecule has 0 saturated carbocycles. The van der Waals surface area contributed by atoms with E-state index >= 15 is 0 Å². The second-order valence-electron chi connectivity index (χ2n) is 4.77. The summed E-state index contributed by atoms with van der Waals surface area (Å²) in [5.41, 5.74) is 2.75. The first-order chi connectivity index (χ1) is 10.4. The van der Waals surface area contributed by atoms with Crippen LogP contribution in [0.2, 0.25) is 0 Å². The second kappa shape index (κ2) is 6.35. The molecular formula is C17H11BIrNO2-. The molecule has 0 unspecified atom stereocenters. The monoisotopic (exact) mass is 465 g/mol. The van der Waals surface area contributed by atoms with Gasteiger partial charge in [-0.25, -0.2) is 0 Å². The van der Waals surface area contributed by atoms with E-state index in [0.29, 0.717) is 0 Å². The van der Waals surface area contributed by atoms with Crippen LogP contribution in [-0.4, -0.2) is 12.1 Å². The van der Waals surface area contributed by atoms with Gasteiger partial charge < -0.3 is 14.3 Å². The Morgan fingerprint density at radius 1 is 0.909 bits per heavy atom. The number of fused-ring (bicyclic) bond motifs is 1. The van der Waals surface area contributed by atoms with Gasteiger partial charge in [-0.05, 0) is 23.9 Å². The molecule has 1 aromatic heterocycles. The normalized spacial score (nSPS) is 11.9. The van der Waals surface area contributed by atoms with Crippen LogP contribution in [-0.2, 0) is 20.1 Å². The average molecular weight is 464 g/mol. The van der Waals surface area contributed by atoms with Crippen LogP contribution in [0.1, 0.15) is 0 Å². The fourth-order valence-electron chi connectivity index (χ4n) is 2.33. The minimum atomic E-state index is -0.423. The average Bonchev–Trinajstić information content (AvgIpc) is 3.00. The van der Waals surface area contributed by atoms with Crippen molar-refractivity contribution >= 4 is 12.6 Å². The number of para-hydroxylation sites is 2. The molecule has 4 rings (SSSR count). The van der Waals surface area contributed by atoms with Crippen molar-refractivity contribution in [3.63, 3.8) is 0 Å². The summed E-state index contributed by atoms with van der Waals surface area (Å²) in [6, 6.07) is 22.5. The van der Waals surface area contributed by atoms with Crippen molar-refractivity contribution in [2.24, 2.45) is 0 Å². The van der Waals surface area contributed by atoms with E-state index in [1.165, 1.54) is 0 Å². The van der Waals surface area contributed by atoms with Crippen LogP contribution in [0.25, 0.3) is 11.3 Å². The van der Waals surface area contributed by atoms with Gasteiger partial charge in [0.2, 0.25) is 0 Å². The van der Waals surface area contributed by atoms with Crippen molar-refractivity contribution in [2.75, 3.05) is 0 Å². The van der Waals surface area contributed by atoms with Crippen LogP contribution in [0.3, 0.4) is 0 Å². The second-order valence-corrected chi connectivity index (χ2v) is 4.77. The molecule has 0 saturated heterocycles. The molecule has 0 aliphatic carbocycles. The number of hydrogen-bond acceptors (Lipinski definition) is 3. The zero-order valence-electron chi connectivity index (χ0n) is 11.5. The first kappa shape index (κ1) is 14.8. The minimum absolute atomic E-state index is 0. The van der Waals surface area contributed by atoms with Gasteiger partial charge in [0, 0.05) is 31.8 Å². The zero-order valence-corrected chi connectivity index (χ0v) is 13.9. The summed E-state index contributed by atoms with van der Waals surface area (Å²) >= 11 is 0. The summed E-state index contributed by atoms with van der Waals surface area (Å²) in [4.78, 5) is 4.39. The van der Waals surface area contributed by atoms with E-state index < -0.39 is 7.12 Å². The van der Waals surface area contributed by atoms with Gasteiger partial charge in [0.15, 0.2) is 0 Å². The molecule has 109 valence electrons. The number of aromatic nitrogens is 1. The summed E-state index contributed by atoms with van der Waals surface area (Å²) in [5, 5.41) is 0. The standard InChI is InChI=1S/C17H11BNO2.Ir/c1-2-6-13(7-3-1)15-12-14(10-11-19-15)18-20-16-8-4-5-9-17(16)21-18;/h1-6,8-12H;/q-1;. The molecule has 1 aliphatic heterocycles. The van der Waals surface area contributed by atoms with Crippen LogP contribution in [0.15, 0.2) is 66.9 Å². The Labute approximate surface area is 142 Å². The van der Waals surface area contributed by atoms with Crippen molar-refractivity contribution in [1.29, 1.82) is 0 Å². The molecule has 1 radical (unpaired) electrons. The van der Waals surface area contributed by atoms with Gasteiger partial charge in [0.25, 0.3) is 0 Å². The predicted octanol–water partition coefficient (Wildman–Crippen LogP) is 2.71. The van der Waals surface area contributed by atoms with Crippen LogP contribution >= 0.6 is 0 Å². The molecule has 0 fully saturated rings. The smallest absolute Gasteiger partial charge is 0.519 e. The van der Waals surface area contributed by atoms with E-state index in [-0.39, 0.29) is 20.1 Å². The Morgan fingerprint density at radius 2 is 1.64 bits per heavy atom. The zero-order chi connectivity index (χ0) is 14.1. The maximum atomic E-state index is 5.82. The fraction of sp³-hybridized carbons (Fsp3) is 0. The molecule has 1 aliphatic rings. The molecule has 0 bridgehead atoms. The summed E-state index contributed by atoms with van der Waals surface area (Å²) in [6.07, 6.45) is 1.77. The number of nitrogens with zero attached hydrogens (tertiary/aromatic N) is 1. The Balaban J connectivity index is 0.00000144. The van der Waals surface area contributed by atoms with Gasteiger partial charge in [-0.1, -0.05) is 18.2 Å². The molecule has 5 heteroatoms. The van der Waals surface area contributed by atoms with Gasteiger partial charge in [-0.15, -0.1) is 35.9 Å². The Kier molecular flexibility index (Phi) is 4.28. The molecule has 2 aromatic carbocycles. The van der Waals surface area contributed by atoms with Gasteiger partial charge in [-0.3, -0.25) is 0 Å². The summed E-state index contributed by atoms with van der Waals surface area (Å²) in [6.45, 7) is 0. The molecule has 3 nitrogen and oxygen atoms in total. The van der Waals surface area contributed by atoms with Gasteiger partial charge in [0.05, 0.1) is 0 Å². The fourth-order valence-corrected chi connectivity index (χ4v) is 2.33. The summed E-state index contributed by atoms with van der Waals surface area (Å²) in [5.74, 6) is 1.54. The van der Waals surface area contributed by atoms with Crippen LogP contribution in [0.4, 0.5) is 0 Å². The van der Waals surface area contributed by atoms with Crippen molar-refractivity contribution in [2.45, 2.75) is 0 Å². The molecule has 0 N–H and O–H groups in total. The molecule has 2 heterocycles. The Bertz CT molecular complexity index is 757. The van der Waals surface area contributed by atoms with Crippen LogP contribution in [0, 0.1) is 6.07 Å². The quantitative estimate of drug-likeness (QED) is 0.432. The van der Waals surface area contributed by atoms with Crippen LogP contribution < -0.4 is 14.8 Å². The first-order valence-corrected chi connectivity index (χ1v) is 6.75. The van der Waals surface area contributed by atoms with Crippen molar-refractivity contribution in [3.8, 4) is 22.8 Å². The van der Waals surface area contributed by atoms with Crippen LogP contribution in [0.5, 0.6) is 11.5 Å². The van der Waals surface area contributed by atoms with Gasteiger partial charge >= 0.3 is 7.12 Å². The van der Waals surface area contributed by atoms with Crippen molar-refractivity contribution in [3.05, 3.63) is 72.9 Å². The van der Waals surface area contributed by atoms with Gasteiger partial charge in [0.1, 0.15) is 11.5 Å². The van der Waals surface area contributed by atoms with Gasteiger partial charge in [-0.2, -0.15) is 0 Å². The molecule has 22 heavy (non-hydrogen) atoms. The number of benzene rings is 2. The molecule has 3 aromatic rings. The molecule has 0 amide bonds. The maximum absolute atomic E-state index is 5.82. The van der Waals surface area contributed by atoms with E-state index in [2.05, 4.69) is 11.1 Å². The van der Waals surface area contributed by atoms with Crippen molar-refractivity contribution < 1.29 is 29.4 Å². The number of hydrogen-bond donors (Lipinski definition) is 0. The third kappa shape index (κ3) is 2.78. The maximum Gasteiger partial charge on any atom is 0.632 e. The van der Waals surface area contributed by atoms with E-state index in [1.54, 1.807) is 6.20 Å². The summed E-state index contributed by atoms with van der Waals surface area (Å²) < 4.78 is 11.6. The summed E-state index contributed by atoms with van der Waals surface area (Å²) in [7, 11) is -0.423. The molecular weight excluding hydrogens is 453 g/mol. The van der Waals surface area contributed by atoms with Crippen molar-refractivity contribution in [1.82, 2.24) is 4.98 Å². The van der Waals surface area contributed by atoms with E-state index in [9.17, 15) is 0 Å².